The monoisotopic (exact) mass is 742 g/mol. The van der Waals surface area contributed by atoms with Crippen LogP contribution in [0.5, 0.6) is 11.5 Å². The van der Waals surface area contributed by atoms with E-state index in [1.165, 1.54) is 26.5 Å². The minimum Gasteiger partial charge on any atom is -0.497 e. The molecule has 1 aromatic heterocycles. The first kappa shape index (κ1) is 37.8. The van der Waals surface area contributed by atoms with Crippen molar-refractivity contribution in [2.24, 2.45) is 5.92 Å². The predicted molar refractivity (Wildman–Crippen MR) is 190 cm³/mol. The molecular weight excluding hydrogens is 702 g/mol. The van der Waals surface area contributed by atoms with Gasteiger partial charge in [0.25, 0.3) is 10.0 Å². The van der Waals surface area contributed by atoms with E-state index in [1.807, 2.05) is 12.1 Å². The number of rotatable bonds is 11. The maximum atomic E-state index is 15.9. The van der Waals surface area contributed by atoms with Crippen LogP contribution in [-0.2, 0) is 27.7 Å². The van der Waals surface area contributed by atoms with Gasteiger partial charge in [0, 0.05) is 42.0 Å². The maximum Gasteiger partial charge on any atom is 0.410 e. The highest BCUT2D eigenvalue weighted by molar-refractivity contribution is 7.92. The molecule has 1 fully saturated rings. The minimum atomic E-state index is -4.71. The lowest BCUT2D eigenvalue weighted by Crippen LogP contribution is -2.45. The molecule has 5 rings (SSSR count). The first-order valence-corrected chi connectivity index (χ1v) is 18.2. The molecule has 1 amide bonds. The van der Waals surface area contributed by atoms with Crippen LogP contribution in [0, 0.1) is 17.6 Å². The molecule has 1 aliphatic rings. The maximum absolute atomic E-state index is 15.9. The van der Waals surface area contributed by atoms with E-state index >= 15 is 8.78 Å². The highest BCUT2D eigenvalue weighted by atomic mass is 35.5. The van der Waals surface area contributed by atoms with Crippen LogP contribution in [0.3, 0.4) is 0 Å². The Morgan fingerprint density at radius 1 is 1.00 bits per heavy atom. The molecule has 3 aromatic carbocycles. The van der Waals surface area contributed by atoms with Crippen molar-refractivity contribution in [2.45, 2.75) is 63.0 Å². The van der Waals surface area contributed by atoms with Gasteiger partial charge < -0.3 is 19.1 Å². The molecule has 0 N–H and O–H groups in total. The summed E-state index contributed by atoms with van der Waals surface area (Å²) in [6, 6.07) is 15.3. The van der Waals surface area contributed by atoms with E-state index in [9.17, 15) is 13.2 Å². The number of carbonyl (C=O) groups excluding carboxylic acids is 1. The molecule has 10 nitrogen and oxygen atoms in total. The highest BCUT2D eigenvalue weighted by Gasteiger charge is 2.35. The zero-order valence-electron chi connectivity index (χ0n) is 29.1. The van der Waals surface area contributed by atoms with Crippen LogP contribution in [-0.4, -0.2) is 62.3 Å². The van der Waals surface area contributed by atoms with E-state index in [1.54, 1.807) is 56.0 Å². The molecule has 0 radical (unpaired) electrons. The van der Waals surface area contributed by atoms with Crippen LogP contribution >= 0.6 is 11.6 Å². The SMILES string of the molecule is COc1ccc(CN(c2ccncn2)S(=O)(=O)c2cc(F)c(CCC3CN(C(=O)OC(C)(C)C)CCC3c3ccc(Cl)cc3)cc2F)c(OC)c1. The third kappa shape index (κ3) is 9.06. The number of aromatic nitrogens is 2. The number of piperidine rings is 1. The molecule has 0 aliphatic carbocycles. The largest absolute Gasteiger partial charge is 0.497 e. The fourth-order valence-electron chi connectivity index (χ4n) is 6.24. The van der Waals surface area contributed by atoms with Crippen molar-refractivity contribution in [1.29, 1.82) is 0 Å². The van der Waals surface area contributed by atoms with Crippen LogP contribution in [0.4, 0.5) is 19.4 Å². The van der Waals surface area contributed by atoms with Crippen LogP contribution in [0.25, 0.3) is 0 Å². The summed E-state index contributed by atoms with van der Waals surface area (Å²) in [4.78, 5) is 21.7. The lowest BCUT2D eigenvalue weighted by molar-refractivity contribution is 0.0139. The number of likely N-dealkylation sites (tertiary alicyclic amines) is 1. The molecule has 272 valence electrons. The van der Waals surface area contributed by atoms with Gasteiger partial charge in [0.15, 0.2) is 0 Å². The van der Waals surface area contributed by atoms with Crippen molar-refractivity contribution in [2.75, 3.05) is 31.6 Å². The summed E-state index contributed by atoms with van der Waals surface area (Å²) in [6.45, 7) is 5.91. The first-order valence-electron chi connectivity index (χ1n) is 16.4. The molecule has 0 saturated carbocycles. The Labute approximate surface area is 302 Å². The summed E-state index contributed by atoms with van der Waals surface area (Å²) in [5, 5.41) is 0.593. The number of halogens is 3. The van der Waals surface area contributed by atoms with Crippen molar-refractivity contribution in [3.63, 3.8) is 0 Å². The second-order valence-electron chi connectivity index (χ2n) is 13.3. The molecule has 51 heavy (non-hydrogen) atoms. The Bertz CT molecular complexity index is 1950. The van der Waals surface area contributed by atoms with E-state index in [4.69, 9.17) is 25.8 Å². The molecule has 1 saturated heterocycles. The minimum absolute atomic E-state index is 0.0149. The lowest BCUT2D eigenvalue weighted by Gasteiger charge is -2.39. The van der Waals surface area contributed by atoms with Gasteiger partial charge in [-0.25, -0.2) is 36.3 Å². The highest BCUT2D eigenvalue weighted by Crippen LogP contribution is 2.38. The van der Waals surface area contributed by atoms with Gasteiger partial charge in [-0.3, -0.25) is 0 Å². The van der Waals surface area contributed by atoms with E-state index in [2.05, 4.69) is 9.97 Å². The number of methoxy groups -OCH3 is 2. The Kier molecular flexibility index (Phi) is 11.7. The average Bonchev–Trinajstić information content (AvgIpc) is 3.10. The summed E-state index contributed by atoms with van der Waals surface area (Å²) >= 11 is 6.14. The van der Waals surface area contributed by atoms with Crippen LogP contribution in [0.1, 0.15) is 56.2 Å². The lowest BCUT2D eigenvalue weighted by atomic mass is 9.77. The van der Waals surface area contributed by atoms with Crippen molar-refractivity contribution < 1.29 is 36.2 Å². The second kappa shape index (κ2) is 15.8. The number of hydrogen-bond donors (Lipinski definition) is 0. The molecule has 0 bridgehead atoms. The summed E-state index contributed by atoms with van der Waals surface area (Å²) in [6.07, 6.45) is 3.20. The Morgan fingerprint density at radius 3 is 2.39 bits per heavy atom. The van der Waals surface area contributed by atoms with Gasteiger partial charge in [-0.2, -0.15) is 0 Å². The number of sulfonamides is 1. The fraction of sp³-hybridized carbons (Fsp3) is 0.378. The van der Waals surface area contributed by atoms with Gasteiger partial charge >= 0.3 is 6.09 Å². The zero-order chi connectivity index (χ0) is 36.9. The average molecular weight is 743 g/mol. The van der Waals surface area contributed by atoms with Gasteiger partial charge in [0.1, 0.15) is 45.8 Å². The molecule has 0 spiro atoms. The molecule has 4 aromatic rings. The number of ether oxygens (including phenoxy) is 3. The van der Waals surface area contributed by atoms with E-state index in [0.717, 1.165) is 22.3 Å². The Hall–Kier alpha value is -4.49. The van der Waals surface area contributed by atoms with E-state index in [0.29, 0.717) is 54.1 Å². The van der Waals surface area contributed by atoms with Gasteiger partial charge in [0.05, 0.1) is 20.8 Å². The number of nitrogens with zero attached hydrogens (tertiary/aromatic N) is 4. The normalized spacial score (nSPS) is 16.4. The standard InChI is InChI=1S/C37H41ClF2N4O6S/c1-37(2,3)50-36(45)43-17-15-30(24-8-11-28(38)12-9-24)26(21-43)7-6-25-18-32(40)34(20-31(25)39)51(46,47)44(35-14-16-41-23-42-35)22-27-10-13-29(48-4)19-33(27)49-5/h8-14,16,18-20,23,26,30H,6-7,15,17,21-22H2,1-5H3. The van der Waals surface area contributed by atoms with Crippen LogP contribution < -0.4 is 13.8 Å². The van der Waals surface area contributed by atoms with E-state index < -0.39 is 38.2 Å². The third-order valence-electron chi connectivity index (χ3n) is 8.77. The number of aryl methyl sites for hydroxylation is 1. The van der Waals surface area contributed by atoms with Crippen molar-refractivity contribution in [3.8, 4) is 11.5 Å². The number of amides is 1. The second-order valence-corrected chi connectivity index (χ2v) is 15.6. The molecule has 14 heteroatoms. The van der Waals surface area contributed by atoms with Gasteiger partial charge in [-0.05, 0) is 99.4 Å². The van der Waals surface area contributed by atoms with Crippen molar-refractivity contribution in [3.05, 3.63) is 107 Å². The topological polar surface area (TPSA) is 111 Å². The molecule has 2 atom stereocenters. The number of carbonyl (C=O) groups is 1. The van der Waals surface area contributed by atoms with E-state index in [-0.39, 0.29) is 36.2 Å². The van der Waals surface area contributed by atoms with Gasteiger partial charge in [-0.15, -0.1) is 0 Å². The van der Waals surface area contributed by atoms with Gasteiger partial charge in [-0.1, -0.05) is 23.7 Å². The summed E-state index contributed by atoms with van der Waals surface area (Å²) in [5.41, 5.74) is 0.799. The first-order chi connectivity index (χ1) is 24.2. The Morgan fingerprint density at radius 2 is 1.75 bits per heavy atom. The summed E-state index contributed by atoms with van der Waals surface area (Å²) in [7, 11) is -1.79. The smallest absolute Gasteiger partial charge is 0.410 e. The van der Waals surface area contributed by atoms with Crippen LogP contribution in [0.15, 0.2) is 78.1 Å². The molecule has 1 aliphatic heterocycles. The molecule has 2 heterocycles. The van der Waals surface area contributed by atoms with Gasteiger partial charge in [0.2, 0.25) is 0 Å². The van der Waals surface area contributed by atoms with Crippen molar-refractivity contribution >= 4 is 33.5 Å². The van der Waals surface area contributed by atoms with Crippen LogP contribution in [0.2, 0.25) is 5.02 Å². The summed E-state index contributed by atoms with van der Waals surface area (Å²) < 4.78 is 77.2. The van der Waals surface area contributed by atoms with Crippen molar-refractivity contribution in [1.82, 2.24) is 14.9 Å². The molecular formula is C37H41ClF2N4O6S. The number of hydrogen-bond acceptors (Lipinski definition) is 8. The predicted octanol–water partition coefficient (Wildman–Crippen LogP) is 7.79. The quantitative estimate of drug-likeness (QED) is 0.153. The number of anilines is 1. The zero-order valence-corrected chi connectivity index (χ0v) is 30.7. The Balaban J connectivity index is 1.42. The summed E-state index contributed by atoms with van der Waals surface area (Å²) in [5.74, 6) is -1.33. The fourth-order valence-corrected chi connectivity index (χ4v) is 7.83. The third-order valence-corrected chi connectivity index (χ3v) is 10.8. The number of benzene rings is 3. The molecule has 2 unspecified atom stereocenters.